The van der Waals surface area contributed by atoms with Gasteiger partial charge in [-0.2, -0.15) is 0 Å². The lowest BCUT2D eigenvalue weighted by Gasteiger charge is -2.08. The molecule has 10 nitrogen and oxygen atoms in total. The standard InChI is InChI=1S/C30H28N6O4/c1-19-25(29(39)35(33(19)3)23-14-7-5-8-15-23)31-27(37)21-12-11-13-22(18-21)28(38)32-26-20(2)34(4)36(30(26)40)24-16-9-6-10-17-24/h5-18H,1-4H3,(H,31,37)(H,32,38). The molecule has 0 unspecified atom stereocenters. The molecule has 0 bridgehead atoms. The molecule has 2 aromatic heterocycles. The Morgan fingerprint density at radius 2 is 0.950 bits per heavy atom. The zero-order chi connectivity index (χ0) is 28.6. The van der Waals surface area contributed by atoms with Crippen LogP contribution in [0.4, 0.5) is 11.4 Å². The fourth-order valence-corrected chi connectivity index (χ4v) is 4.60. The summed E-state index contributed by atoms with van der Waals surface area (Å²) in [6.07, 6.45) is 0. The van der Waals surface area contributed by atoms with Crippen LogP contribution in [0.5, 0.6) is 0 Å². The molecule has 202 valence electrons. The number of para-hydroxylation sites is 2. The fraction of sp³-hybridized carbons (Fsp3) is 0.133. The van der Waals surface area contributed by atoms with Gasteiger partial charge in [0.2, 0.25) is 0 Å². The van der Waals surface area contributed by atoms with Crippen molar-refractivity contribution < 1.29 is 9.59 Å². The van der Waals surface area contributed by atoms with Crippen LogP contribution in [-0.4, -0.2) is 30.5 Å². The van der Waals surface area contributed by atoms with Crippen LogP contribution in [-0.2, 0) is 14.1 Å². The summed E-state index contributed by atoms with van der Waals surface area (Å²) in [5.41, 5.74) is 2.40. The summed E-state index contributed by atoms with van der Waals surface area (Å²) < 4.78 is 6.28. The van der Waals surface area contributed by atoms with Gasteiger partial charge in [-0.1, -0.05) is 42.5 Å². The van der Waals surface area contributed by atoms with Gasteiger partial charge in [-0.15, -0.1) is 0 Å². The van der Waals surface area contributed by atoms with Crippen molar-refractivity contribution in [1.29, 1.82) is 0 Å². The highest BCUT2D eigenvalue weighted by Gasteiger charge is 2.21. The predicted octanol–water partition coefficient (Wildman–Crippen LogP) is 3.79. The summed E-state index contributed by atoms with van der Waals surface area (Å²) in [6.45, 7) is 3.48. The van der Waals surface area contributed by atoms with Crippen molar-refractivity contribution >= 4 is 23.2 Å². The number of nitrogens with one attached hydrogen (secondary N) is 2. The van der Waals surface area contributed by atoms with E-state index >= 15 is 0 Å². The van der Waals surface area contributed by atoms with Gasteiger partial charge in [0.25, 0.3) is 22.9 Å². The maximum atomic E-state index is 13.2. The van der Waals surface area contributed by atoms with Gasteiger partial charge in [0.1, 0.15) is 11.4 Å². The monoisotopic (exact) mass is 536 g/mol. The number of hydrogen-bond donors (Lipinski definition) is 2. The molecule has 0 saturated heterocycles. The maximum absolute atomic E-state index is 13.2. The predicted molar refractivity (Wildman–Crippen MR) is 154 cm³/mol. The molecule has 2 amide bonds. The number of carbonyl (C=O) groups is 2. The summed E-state index contributed by atoms with van der Waals surface area (Å²) >= 11 is 0. The second kappa shape index (κ2) is 10.4. The lowest BCUT2D eigenvalue weighted by atomic mass is 10.1. The van der Waals surface area contributed by atoms with E-state index in [0.717, 1.165) is 0 Å². The molecule has 2 heterocycles. The molecule has 0 radical (unpaired) electrons. The van der Waals surface area contributed by atoms with E-state index in [1.807, 2.05) is 36.4 Å². The van der Waals surface area contributed by atoms with Crippen molar-refractivity contribution in [1.82, 2.24) is 18.7 Å². The number of nitrogens with zero attached hydrogens (tertiary/aromatic N) is 4. The number of amides is 2. The topological polar surface area (TPSA) is 112 Å². The average Bonchev–Trinajstić information content (AvgIpc) is 3.31. The molecule has 5 aromatic rings. The number of carbonyl (C=O) groups excluding carboxylic acids is 2. The number of aromatic nitrogens is 4. The fourth-order valence-electron chi connectivity index (χ4n) is 4.60. The molecule has 0 spiro atoms. The van der Waals surface area contributed by atoms with Crippen LogP contribution in [0.25, 0.3) is 11.4 Å². The van der Waals surface area contributed by atoms with E-state index in [0.29, 0.717) is 22.8 Å². The van der Waals surface area contributed by atoms with Crippen LogP contribution in [0.2, 0.25) is 0 Å². The Kier molecular flexibility index (Phi) is 6.83. The van der Waals surface area contributed by atoms with Crippen molar-refractivity contribution in [2.24, 2.45) is 14.1 Å². The van der Waals surface area contributed by atoms with Gasteiger partial charge in [0.15, 0.2) is 0 Å². The van der Waals surface area contributed by atoms with Gasteiger partial charge in [-0.3, -0.25) is 28.5 Å². The van der Waals surface area contributed by atoms with Crippen LogP contribution in [0, 0.1) is 13.8 Å². The Morgan fingerprint density at radius 1 is 0.575 bits per heavy atom. The number of hydrogen-bond acceptors (Lipinski definition) is 4. The molecule has 0 atom stereocenters. The minimum absolute atomic E-state index is 0.146. The highest BCUT2D eigenvalue weighted by atomic mass is 16.2. The Balaban J connectivity index is 1.40. The minimum atomic E-state index is -0.539. The third kappa shape index (κ3) is 4.55. The quantitative estimate of drug-likeness (QED) is 0.344. The van der Waals surface area contributed by atoms with Gasteiger partial charge >= 0.3 is 0 Å². The second-order valence-electron chi connectivity index (χ2n) is 9.36. The van der Waals surface area contributed by atoms with E-state index in [-0.39, 0.29) is 33.6 Å². The molecule has 40 heavy (non-hydrogen) atoms. The van der Waals surface area contributed by atoms with Gasteiger partial charge in [-0.25, -0.2) is 9.36 Å². The first-order valence-electron chi connectivity index (χ1n) is 12.6. The van der Waals surface area contributed by atoms with Crippen molar-refractivity contribution in [3.8, 4) is 11.4 Å². The maximum Gasteiger partial charge on any atom is 0.295 e. The third-order valence-corrected chi connectivity index (χ3v) is 6.97. The minimum Gasteiger partial charge on any atom is -0.316 e. The Labute approximate surface area is 229 Å². The highest BCUT2D eigenvalue weighted by molar-refractivity contribution is 6.09. The van der Waals surface area contributed by atoms with Crippen molar-refractivity contribution in [2.75, 3.05) is 10.6 Å². The molecule has 0 aliphatic heterocycles. The SMILES string of the molecule is Cc1c(NC(=O)c2cccc(C(=O)Nc3c(C)n(C)n(-c4ccccc4)c3=O)c2)c(=O)n(-c2ccccc2)n1C. The Hall–Kier alpha value is -5.38. The largest absolute Gasteiger partial charge is 0.316 e. The molecule has 2 N–H and O–H groups in total. The highest BCUT2D eigenvalue weighted by Crippen LogP contribution is 2.18. The summed E-state index contributed by atoms with van der Waals surface area (Å²) in [5, 5.41) is 5.41. The summed E-state index contributed by atoms with van der Waals surface area (Å²) in [5.74, 6) is -1.08. The Bertz CT molecular complexity index is 1730. The zero-order valence-corrected chi connectivity index (χ0v) is 22.5. The molecule has 5 rings (SSSR count). The van der Waals surface area contributed by atoms with E-state index in [2.05, 4.69) is 10.6 Å². The van der Waals surface area contributed by atoms with Gasteiger partial charge in [0, 0.05) is 25.2 Å². The number of anilines is 2. The molecular weight excluding hydrogens is 508 g/mol. The van der Waals surface area contributed by atoms with Crippen molar-refractivity contribution in [3.05, 3.63) is 128 Å². The van der Waals surface area contributed by atoms with Crippen molar-refractivity contribution in [2.45, 2.75) is 13.8 Å². The summed E-state index contributed by atoms with van der Waals surface area (Å²) in [4.78, 5) is 52.7. The van der Waals surface area contributed by atoms with Gasteiger partial charge in [0.05, 0.1) is 22.8 Å². The van der Waals surface area contributed by atoms with E-state index < -0.39 is 11.8 Å². The molecule has 0 aliphatic rings. The Morgan fingerprint density at radius 3 is 1.32 bits per heavy atom. The van der Waals surface area contributed by atoms with E-state index in [1.54, 1.807) is 79.8 Å². The van der Waals surface area contributed by atoms with Crippen LogP contribution in [0.3, 0.4) is 0 Å². The third-order valence-electron chi connectivity index (χ3n) is 6.97. The zero-order valence-electron chi connectivity index (χ0n) is 22.5. The first kappa shape index (κ1) is 26.2. The first-order chi connectivity index (χ1) is 19.2. The number of rotatable bonds is 6. The van der Waals surface area contributed by atoms with Crippen LogP contribution >= 0.6 is 0 Å². The van der Waals surface area contributed by atoms with E-state index in [4.69, 9.17) is 0 Å². The first-order valence-corrected chi connectivity index (χ1v) is 12.6. The molecular formula is C30H28N6O4. The van der Waals surface area contributed by atoms with Crippen molar-refractivity contribution in [3.63, 3.8) is 0 Å². The van der Waals surface area contributed by atoms with Crippen LogP contribution in [0.15, 0.2) is 94.5 Å². The van der Waals surface area contributed by atoms with Crippen LogP contribution in [0.1, 0.15) is 32.1 Å². The molecule has 0 aliphatic carbocycles. The normalized spacial score (nSPS) is 10.9. The molecule has 0 fully saturated rings. The van der Waals surface area contributed by atoms with Crippen LogP contribution < -0.4 is 21.8 Å². The summed E-state index contributed by atoms with van der Waals surface area (Å²) in [6, 6.07) is 24.3. The lowest BCUT2D eigenvalue weighted by Crippen LogP contribution is -2.24. The van der Waals surface area contributed by atoms with E-state index in [9.17, 15) is 19.2 Å². The molecule has 3 aromatic carbocycles. The number of benzene rings is 3. The summed E-state index contributed by atoms with van der Waals surface area (Å²) in [7, 11) is 3.48. The smallest absolute Gasteiger partial charge is 0.295 e. The molecule has 10 heteroatoms. The average molecular weight is 537 g/mol. The second-order valence-corrected chi connectivity index (χ2v) is 9.36. The van der Waals surface area contributed by atoms with Gasteiger partial charge in [-0.05, 0) is 56.3 Å². The van der Waals surface area contributed by atoms with Gasteiger partial charge < -0.3 is 10.6 Å². The molecule has 0 saturated carbocycles. The lowest BCUT2D eigenvalue weighted by molar-refractivity contribution is 0.102. The van der Waals surface area contributed by atoms with E-state index in [1.165, 1.54) is 15.4 Å².